The summed E-state index contributed by atoms with van der Waals surface area (Å²) in [7, 11) is 0. The van der Waals surface area contributed by atoms with Crippen LogP contribution >= 0.6 is 0 Å². The zero-order valence-corrected chi connectivity index (χ0v) is 11.2. The van der Waals surface area contributed by atoms with Crippen molar-refractivity contribution in [1.29, 1.82) is 0 Å². The van der Waals surface area contributed by atoms with Crippen LogP contribution in [0.3, 0.4) is 0 Å². The minimum atomic E-state index is -0.810. The van der Waals surface area contributed by atoms with E-state index >= 15 is 0 Å². The van der Waals surface area contributed by atoms with Gasteiger partial charge in [-0.05, 0) is 45.0 Å². The highest BCUT2D eigenvalue weighted by Gasteiger charge is 2.12. The van der Waals surface area contributed by atoms with Crippen molar-refractivity contribution in [1.82, 2.24) is 5.43 Å². The van der Waals surface area contributed by atoms with Crippen LogP contribution in [-0.4, -0.2) is 24.1 Å². The number of nitrogens with zero attached hydrogens (tertiary/aromatic N) is 1. The van der Waals surface area contributed by atoms with Gasteiger partial charge in [-0.2, -0.15) is 5.10 Å². The Morgan fingerprint density at radius 3 is 2.32 bits per heavy atom. The number of hydrogen-bond acceptors (Lipinski definition) is 4. The molecule has 0 fully saturated rings. The Kier molecular flexibility index (Phi) is 5.53. The van der Waals surface area contributed by atoms with Crippen molar-refractivity contribution >= 4 is 23.2 Å². The summed E-state index contributed by atoms with van der Waals surface area (Å²) in [5.74, 6) is -0.875. The van der Waals surface area contributed by atoms with Crippen LogP contribution in [0, 0.1) is 0 Å². The number of amides is 2. The van der Waals surface area contributed by atoms with Crippen molar-refractivity contribution in [3.05, 3.63) is 24.3 Å². The van der Waals surface area contributed by atoms with Gasteiger partial charge < -0.3 is 10.1 Å². The number of hydrazone groups is 1. The van der Waals surface area contributed by atoms with Gasteiger partial charge in [-0.15, -0.1) is 0 Å². The Morgan fingerprint density at radius 2 is 1.79 bits per heavy atom. The quantitative estimate of drug-likeness (QED) is 0.491. The fourth-order valence-electron chi connectivity index (χ4n) is 1.20. The first kappa shape index (κ1) is 14.7. The van der Waals surface area contributed by atoms with Gasteiger partial charge in [0.1, 0.15) is 5.75 Å². The molecule has 0 spiro atoms. The van der Waals surface area contributed by atoms with Crippen molar-refractivity contribution in [2.45, 2.75) is 20.8 Å². The van der Waals surface area contributed by atoms with Gasteiger partial charge in [-0.1, -0.05) is 0 Å². The van der Waals surface area contributed by atoms with E-state index in [-0.39, 0.29) is 0 Å². The van der Waals surface area contributed by atoms with Gasteiger partial charge in [0, 0.05) is 11.4 Å². The monoisotopic (exact) mass is 263 g/mol. The summed E-state index contributed by atoms with van der Waals surface area (Å²) in [6.07, 6.45) is 0. The third-order valence-corrected chi connectivity index (χ3v) is 2.01. The van der Waals surface area contributed by atoms with E-state index in [2.05, 4.69) is 15.8 Å². The number of carbonyl (C=O) groups excluding carboxylic acids is 2. The average Bonchev–Trinajstić information content (AvgIpc) is 2.38. The molecule has 1 aromatic carbocycles. The van der Waals surface area contributed by atoms with Crippen molar-refractivity contribution in [3.8, 4) is 5.75 Å². The van der Waals surface area contributed by atoms with Gasteiger partial charge in [0.05, 0.1) is 6.61 Å². The second-order valence-corrected chi connectivity index (χ2v) is 3.91. The SMILES string of the molecule is CCOc1ccc(NC(=O)C(=O)NN=C(C)C)cc1. The molecule has 2 amide bonds. The maximum absolute atomic E-state index is 11.5. The topological polar surface area (TPSA) is 79.8 Å². The van der Waals surface area contributed by atoms with Gasteiger partial charge in [-0.3, -0.25) is 9.59 Å². The van der Waals surface area contributed by atoms with Crippen molar-refractivity contribution in [2.75, 3.05) is 11.9 Å². The van der Waals surface area contributed by atoms with Gasteiger partial charge in [-0.25, -0.2) is 5.43 Å². The van der Waals surface area contributed by atoms with Crippen LogP contribution in [0.25, 0.3) is 0 Å². The molecule has 0 aliphatic heterocycles. The number of anilines is 1. The number of ether oxygens (including phenoxy) is 1. The molecule has 2 N–H and O–H groups in total. The van der Waals surface area contributed by atoms with Crippen LogP contribution in [0.5, 0.6) is 5.75 Å². The number of nitrogens with one attached hydrogen (secondary N) is 2. The van der Waals surface area contributed by atoms with Crippen LogP contribution in [0.4, 0.5) is 5.69 Å². The largest absolute Gasteiger partial charge is 0.494 e. The third-order valence-electron chi connectivity index (χ3n) is 2.01. The van der Waals surface area contributed by atoms with E-state index in [9.17, 15) is 9.59 Å². The molecule has 0 atom stereocenters. The fourth-order valence-corrected chi connectivity index (χ4v) is 1.20. The molecule has 0 saturated heterocycles. The molecule has 0 radical (unpaired) electrons. The highest BCUT2D eigenvalue weighted by Crippen LogP contribution is 2.15. The Bertz CT molecular complexity index is 476. The Hall–Kier alpha value is -2.37. The average molecular weight is 263 g/mol. The lowest BCUT2D eigenvalue weighted by molar-refractivity contribution is -0.136. The lowest BCUT2D eigenvalue weighted by atomic mass is 10.3. The molecule has 19 heavy (non-hydrogen) atoms. The van der Waals surface area contributed by atoms with Gasteiger partial charge >= 0.3 is 11.8 Å². The Morgan fingerprint density at radius 1 is 1.16 bits per heavy atom. The number of benzene rings is 1. The molecule has 102 valence electrons. The summed E-state index contributed by atoms with van der Waals surface area (Å²) >= 11 is 0. The van der Waals surface area contributed by atoms with Crippen molar-refractivity contribution in [3.63, 3.8) is 0 Å². The van der Waals surface area contributed by atoms with E-state index in [1.807, 2.05) is 6.92 Å². The second kappa shape index (κ2) is 7.15. The normalized spacial score (nSPS) is 9.42. The van der Waals surface area contributed by atoms with Gasteiger partial charge in [0.15, 0.2) is 0 Å². The summed E-state index contributed by atoms with van der Waals surface area (Å²) in [5, 5.41) is 6.12. The predicted octanol–water partition coefficient (Wildman–Crippen LogP) is 1.54. The molecule has 0 aliphatic carbocycles. The maximum Gasteiger partial charge on any atom is 0.329 e. The summed E-state index contributed by atoms with van der Waals surface area (Å²) < 4.78 is 5.27. The Balaban J connectivity index is 2.56. The number of hydrogen-bond donors (Lipinski definition) is 2. The molecule has 1 aromatic rings. The van der Waals surface area contributed by atoms with Gasteiger partial charge in [0.2, 0.25) is 0 Å². The minimum absolute atomic E-state index is 0.515. The summed E-state index contributed by atoms with van der Waals surface area (Å²) in [5.41, 5.74) is 3.32. The van der Waals surface area contributed by atoms with Crippen LogP contribution in [-0.2, 0) is 9.59 Å². The molecule has 0 saturated carbocycles. The first-order valence-corrected chi connectivity index (χ1v) is 5.88. The minimum Gasteiger partial charge on any atom is -0.494 e. The molecule has 0 bridgehead atoms. The number of carbonyl (C=O) groups is 2. The van der Waals surface area contributed by atoms with E-state index in [0.29, 0.717) is 23.8 Å². The fraction of sp³-hybridized carbons (Fsp3) is 0.308. The molecular formula is C13H17N3O3. The summed E-state index contributed by atoms with van der Waals surface area (Å²) in [6, 6.07) is 6.74. The van der Waals surface area contributed by atoms with Crippen LogP contribution < -0.4 is 15.5 Å². The molecule has 6 nitrogen and oxygen atoms in total. The molecule has 0 aromatic heterocycles. The highest BCUT2D eigenvalue weighted by molar-refractivity contribution is 6.39. The van der Waals surface area contributed by atoms with Crippen molar-refractivity contribution < 1.29 is 14.3 Å². The van der Waals surface area contributed by atoms with Crippen molar-refractivity contribution in [2.24, 2.45) is 5.10 Å². The van der Waals surface area contributed by atoms with E-state index in [1.165, 1.54) is 0 Å². The smallest absolute Gasteiger partial charge is 0.329 e. The van der Waals surface area contributed by atoms with E-state index < -0.39 is 11.8 Å². The zero-order chi connectivity index (χ0) is 14.3. The van der Waals surface area contributed by atoms with E-state index in [0.717, 1.165) is 0 Å². The zero-order valence-electron chi connectivity index (χ0n) is 11.2. The maximum atomic E-state index is 11.5. The van der Waals surface area contributed by atoms with Crippen LogP contribution in [0.2, 0.25) is 0 Å². The van der Waals surface area contributed by atoms with Crippen LogP contribution in [0.15, 0.2) is 29.4 Å². The molecule has 0 unspecified atom stereocenters. The molecule has 0 aliphatic rings. The Labute approximate surface area is 111 Å². The third kappa shape index (κ3) is 5.20. The summed E-state index contributed by atoms with van der Waals surface area (Å²) in [4.78, 5) is 22.9. The lowest BCUT2D eigenvalue weighted by Crippen LogP contribution is -2.32. The van der Waals surface area contributed by atoms with Crippen LogP contribution in [0.1, 0.15) is 20.8 Å². The first-order chi connectivity index (χ1) is 9.02. The predicted molar refractivity (Wildman–Crippen MR) is 73.2 cm³/mol. The molecule has 0 heterocycles. The van der Waals surface area contributed by atoms with Gasteiger partial charge in [0.25, 0.3) is 0 Å². The first-order valence-electron chi connectivity index (χ1n) is 5.88. The number of rotatable bonds is 4. The summed E-state index contributed by atoms with van der Waals surface area (Å²) in [6.45, 7) is 5.88. The lowest BCUT2D eigenvalue weighted by Gasteiger charge is -2.06. The highest BCUT2D eigenvalue weighted by atomic mass is 16.5. The second-order valence-electron chi connectivity index (χ2n) is 3.91. The van der Waals surface area contributed by atoms with E-state index in [4.69, 9.17) is 4.74 Å². The standard InChI is InChI=1S/C13H17N3O3/c1-4-19-11-7-5-10(6-8-11)14-12(17)13(18)16-15-9(2)3/h5-8H,4H2,1-3H3,(H,14,17)(H,16,18). The molecule has 1 rings (SSSR count). The van der Waals surface area contributed by atoms with E-state index in [1.54, 1.807) is 38.1 Å². The molecule has 6 heteroatoms. The molecular weight excluding hydrogens is 246 g/mol.